The van der Waals surface area contributed by atoms with Crippen molar-refractivity contribution in [2.24, 2.45) is 0 Å². The number of nitrogens with zero attached hydrogens (tertiary/aromatic N) is 1. The molecule has 20 heavy (non-hydrogen) atoms. The van der Waals surface area contributed by atoms with Crippen molar-refractivity contribution in [1.29, 1.82) is 0 Å². The molecule has 1 aromatic carbocycles. The number of carboxylic acid groups (broad SMARTS) is 1. The van der Waals surface area contributed by atoms with Crippen LogP contribution in [0.4, 0.5) is 0 Å². The fourth-order valence-corrected chi connectivity index (χ4v) is 1.72. The number of aromatic nitrogens is 1. The number of aryl methyl sites for hydroxylation is 1. The van der Waals surface area contributed by atoms with Gasteiger partial charge in [0.05, 0.1) is 12.2 Å². The Kier molecular flexibility index (Phi) is 4.24. The minimum atomic E-state index is -1.14. The Morgan fingerprint density at radius 3 is 2.55 bits per heavy atom. The minimum absolute atomic E-state index is 0.0566. The molecule has 6 nitrogen and oxygen atoms in total. The normalized spacial score (nSPS) is 10.3. The average Bonchev–Trinajstić information content (AvgIpc) is 2.79. The Morgan fingerprint density at radius 2 is 1.95 bits per heavy atom. The van der Waals surface area contributed by atoms with E-state index in [4.69, 9.17) is 19.1 Å². The maximum Gasteiger partial charge on any atom is 0.358 e. The van der Waals surface area contributed by atoms with Crippen LogP contribution in [0.2, 0.25) is 0 Å². The summed E-state index contributed by atoms with van der Waals surface area (Å²) >= 11 is 0. The molecule has 0 fully saturated rings. The molecule has 2 rings (SSSR count). The Hall–Kier alpha value is -2.50. The van der Waals surface area contributed by atoms with Gasteiger partial charge in [0.2, 0.25) is 0 Å². The van der Waals surface area contributed by atoms with E-state index < -0.39 is 5.97 Å². The van der Waals surface area contributed by atoms with E-state index in [1.54, 1.807) is 19.1 Å². The van der Waals surface area contributed by atoms with Gasteiger partial charge in [-0.15, -0.1) is 0 Å². The fourth-order valence-electron chi connectivity index (χ4n) is 1.72. The van der Waals surface area contributed by atoms with Crippen molar-refractivity contribution in [1.82, 2.24) is 5.16 Å². The molecule has 1 aromatic heterocycles. The van der Waals surface area contributed by atoms with Crippen LogP contribution in [-0.2, 0) is 6.61 Å². The van der Waals surface area contributed by atoms with Crippen LogP contribution < -0.4 is 9.47 Å². The quantitative estimate of drug-likeness (QED) is 0.874. The summed E-state index contributed by atoms with van der Waals surface area (Å²) in [5.41, 5.74) is 0.292. The third kappa shape index (κ3) is 2.90. The number of carboxylic acids is 1. The molecular formula is C14H15NO5. The van der Waals surface area contributed by atoms with Crippen molar-refractivity contribution in [3.8, 4) is 11.5 Å². The molecule has 0 spiro atoms. The molecule has 0 amide bonds. The number of rotatable bonds is 6. The molecule has 2 aromatic rings. The van der Waals surface area contributed by atoms with Gasteiger partial charge in [0.25, 0.3) is 0 Å². The van der Waals surface area contributed by atoms with Crippen LogP contribution in [0.5, 0.6) is 11.5 Å². The van der Waals surface area contributed by atoms with Crippen molar-refractivity contribution >= 4 is 5.97 Å². The molecule has 0 saturated heterocycles. The summed E-state index contributed by atoms with van der Waals surface area (Å²) in [6, 6.07) is 7.20. The first-order chi connectivity index (χ1) is 9.63. The third-order valence-electron chi connectivity index (χ3n) is 2.71. The van der Waals surface area contributed by atoms with E-state index in [-0.39, 0.29) is 12.3 Å². The van der Waals surface area contributed by atoms with Crippen LogP contribution >= 0.6 is 0 Å². The molecule has 0 aliphatic carbocycles. The van der Waals surface area contributed by atoms with Gasteiger partial charge in [-0.3, -0.25) is 0 Å². The van der Waals surface area contributed by atoms with Gasteiger partial charge < -0.3 is 19.1 Å². The molecule has 0 bridgehead atoms. The lowest BCUT2D eigenvalue weighted by atomic mass is 10.2. The van der Waals surface area contributed by atoms with Crippen molar-refractivity contribution in [3.63, 3.8) is 0 Å². The second-order valence-electron chi connectivity index (χ2n) is 4.04. The van der Waals surface area contributed by atoms with Crippen LogP contribution in [0, 0.1) is 6.92 Å². The van der Waals surface area contributed by atoms with E-state index in [0.717, 1.165) is 0 Å². The van der Waals surface area contributed by atoms with E-state index in [1.807, 2.05) is 19.1 Å². The first-order valence-corrected chi connectivity index (χ1v) is 6.16. The molecule has 0 atom stereocenters. The summed E-state index contributed by atoms with van der Waals surface area (Å²) in [4.78, 5) is 11.0. The van der Waals surface area contributed by atoms with Gasteiger partial charge in [-0.25, -0.2) is 4.79 Å². The smallest absolute Gasteiger partial charge is 0.358 e. The summed E-state index contributed by atoms with van der Waals surface area (Å²) < 4.78 is 15.9. The number of benzene rings is 1. The molecule has 0 radical (unpaired) electrons. The van der Waals surface area contributed by atoms with E-state index in [2.05, 4.69) is 5.16 Å². The second kappa shape index (κ2) is 6.10. The first kappa shape index (κ1) is 13.9. The summed E-state index contributed by atoms with van der Waals surface area (Å²) in [7, 11) is 0. The van der Waals surface area contributed by atoms with E-state index in [1.165, 1.54) is 0 Å². The van der Waals surface area contributed by atoms with Crippen LogP contribution in [0.3, 0.4) is 0 Å². The molecule has 1 heterocycles. The number of carbonyl (C=O) groups is 1. The molecule has 0 unspecified atom stereocenters. The van der Waals surface area contributed by atoms with Gasteiger partial charge in [0.15, 0.2) is 17.2 Å². The average molecular weight is 277 g/mol. The van der Waals surface area contributed by atoms with Crippen LogP contribution in [0.15, 0.2) is 28.8 Å². The molecule has 0 aliphatic rings. The zero-order chi connectivity index (χ0) is 14.5. The van der Waals surface area contributed by atoms with Crippen molar-refractivity contribution in [2.45, 2.75) is 20.5 Å². The zero-order valence-electron chi connectivity index (χ0n) is 11.3. The van der Waals surface area contributed by atoms with Crippen LogP contribution in [0.25, 0.3) is 0 Å². The van der Waals surface area contributed by atoms with Crippen molar-refractivity contribution < 1.29 is 23.9 Å². The standard InChI is InChI=1S/C14H15NO5/c1-3-18-11-6-4-5-7-12(11)19-8-10-9(2)20-15-13(10)14(16)17/h4-7H,3,8H2,1-2H3,(H,16,17). The maximum atomic E-state index is 11.0. The van der Waals surface area contributed by atoms with Crippen molar-refractivity contribution in [2.75, 3.05) is 6.61 Å². The molecule has 6 heteroatoms. The highest BCUT2D eigenvalue weighted by molar-refractivity contribution is 5.87. The van der Waals surface area contributed by atoms with Gasteiger partial charge in [-0.05, 0) is 26.0 Å². The number of hydrogen-bond acceptors (Lipinski definition) is 5. The summed E-state index contributed by atoms with van der Waals surface area (Å²) in [5, 5.41) is 12.5. The summed E-state index contributed by atoms with van der Waals surface area (Å²) in [6.07, 6.45) is 0. The van der Waals surface area contributed by atoms with E-state index >= 15 is 0 Å². The van der Waals surface area contributed by atoms with Gasteiger partial charge in [0, 0.05) is 0 Å². The Morgan fingerprint density at radius 1 is 1.30 bits per heavy atom. The fraction of sp³-hybridized carbons (Fsp3) is 0.286. The van der Waals surface area contributed by atoms with Gasteiger partial charge in [0.1, 0.15) is 12.4 Å². The maximum absolute atomic E-state index is 11.0. The topological polar surface area (TPSA) is 81.8 Å². The molecule has 0 aliphatic heterocycles. The highest BCUT2D eigenvalue weighted by atomic mass is 16.5. The monoisotopic (exact) mass is 277 g/mol. The van der Waals surface area contributed by atoms with Crippen LogP contribution in [0.1, 0.15) is 28.7 Å². The lowest BCUT2D eigenvalue weighted by molar-refractivity contribution is 0.0683. The highest BCUT2D eigenvalue weighted by Gasteiger charge is 2.19. The van der Waals surface area contributed by atoms with Crippen LogP contribution in [-0.4, -0.2) is 22.8 Å². The van der Waals surface area contributed by atoms with E-state index in [0.29, 0.717) is 29.4 Å². The lowest BCUT2D eigenvalue weighted by Gasteiger charge is -2.11. The summed E-state index contributed by atoms with van der Waals surface area (Å²) in [6.45, 7) is 4.10. The Bertz CT molecular complexity index is 605. The molecule has 106 valence electrons. The number of hydrogen-bond donors (Lipinski definition) is 1. The number of aromatic carboxylic acids is 1. The molecular weight excluding hydrogens is 262 g/mol. The zero-order valence-corrected chi connectivity index (χ0v) is 11.3. The SMILES string of the molecule is CCOc1ccccc1OCc1c(C(=O)O)noc1C. The number of para-hydroxylation sites is 2. The highest BCUT2D eigenvalue weighted by Crippen LogP contribution is 2.28. The van der Waals surface area contributed by atoms with E-state index in [9.17, 15) is 4.79 Å². The lowest BCUT2D eigenvalue weighted by Crippen LogP contribution is -2.06. The predicted molar refractivity (Wildman–Crippen MR) is 70.1 cm³/mol. The molecule has 0 saturated carbocycles. The van der Waals surface area contributed by atoms with Gasteiger partial charge in [-0.1, -0.05) is 17.3 Å². The number of ether oxygens (including phenoxy) is 2. The largest absolute Gasteiger partial charge is 0.490 e. The second-order valence-corrected chi connectivity index (χ2v) is 4.04. The third-order valence-corrected chi connectivity index (χ3v) is 2.71. The van der Waals surface area contributed by atoms with Gasteiger partial charge >= 0.3 is 5.97 Å². The first-order valence-electron chi connectivity index (χ1n) is 6.16. The summed E-state index contributed by atoms with van der Waals surface area (Å²) in [5.74, 6) is 0.446. The Labute approximate surface area is 115 Å². The molecule has 1 N–H and O–H groups in total. The Balaban J connectivity index is 2.17. The predicted octanol–water partition coefficient (Wildman–Crippen LogP) is 2.66. The van der Waals surface area contributed by atoms with Gasteiger partial charge in [-0.2, -0.15) is 0 Å². The van der Waals surface area contributed by atoms with Crippen molar-refractivity contribution in [3.05, 3.63) is 41.3 Å². The minimum Gasteiger partial charge on any atom is -0.490 e.